The van der Waals surface area contributed by atoms with E-state index in [1.54, 1.807) is 29.1 Å². The number of carbonyl (C=O) groups is 1. The van der Waals surface area contributed by atoms with Gasteiger partial charge < -0.3 is 5.32 Å². The average molecular weight is 338 g/mol. The van der Waals surface area contributed by atoms with Crippen LogP contribution < -0.4 is 5.32 Å². The molecule has 4 nitrogen and oxygen atoms in total. The number of hydrogen-bond donors (Lipinski definition) is 1. The van der Waals surface area contributed by atoms with Gasteiger partial charge in [-0.2, -0.15) is 5.10 Å². The first-order valence-electron chi connectivity index (χ1n) is 6.40. The molecule has 1 N–H and O–H groups in total. The van der Waals surface area contributed by atoms with Gasteiger partial charge in [-0.3, -0.25) is 9.48 Å². The van der Waals surface area contributed by atoms with Crippen molar-refractivity contribution in [1.29, 1.82) is 0 Å². The number of aromatic nitrogens is 2. The standard InChI is InChI=1S/C14H13BrFN3O/c15-11-8-19(7-10-3-1-2-4-12(10)16)18-13(11)17-14(20)9-5-6-9/h1-4,8-9H,5-7H2,(H,17,18,20). The van der Waals surface area contributed by atoms with Crippen molar-refractivity contribution in [2.45, 2.75) is 19.4 Å². The Kier molecular flexibility index (Phi) is 3.56. The van der Waals surface area contributed by atoms with E-state index >= 15 is 0 Å². The SMILES string of the molecule is O=C(Nc1nn(Cc2ccccc2F)cc1Br)C1CC1. The van der Waals surface area contributed by atoms with Crippen LogP contribution in [-0.4, -0.2) is 15.7 Å². The first-order valence-corrected chi connectivity index (χ1v) is 7.20. The summed E-state index contributed by atoms with van der Waals surface area (Å²) in [4.78, 5) is 11.7. The van der Waals surface area contributed by atoms with Crippen LogP contribution in [0.4, 0.5) is 10.2 Å². The maximum atomic E-state index is 13.6. The summed E-state index contributed by atoms with van der Waals surface area (Å²) < 4.78 is 15.9. The number of benzene rings is 1. The summed E-state index contributed by atoms with van der Waals surface area (Å²) >= 11 is 3.36. The largest absolute Gasteiger partial charge is 0.308 e. The first kappa shape index (κ1) is 13.3. The van der Waals surface area contributed by atoms with Crippen LogP contribution in [0.2, 0.25) is 0 Å². The highest BCUT2D eigenvalue weighted by Crippen LogP contribution is 2.31. The third-order valence-corrected chi connectivity index (χ3v) is 3.78. The summed E-state index contributed by atoms with van der Waals surface area (Å²) in [5.74, 6) is 0.349. The Balaban J connectivity index is 1.75. The lowest BCUT2D eigenvalue weighted by Crippen LogP contribution is -2.14. The highest BCUT2D eigenvalue weighted by molar-refractivity contribution is 9.10. The molecule has 1 amide bonds. The van der Waals surface area contributed by atoms with Crippen molar-refractivity contribution in [2.75, 3.05) is 5.32 Å². The van der Waals surface area contributed by atoms with Crippen molar-refractivity contribution in [3.8, 4) is 0 Å². The van der Waals surface area contributed by atoms with E-state index in [9.17, 15) is 9.18 Å². The molecule has 1 fully saturated rings. The van der Waals surface area contributed by atoms with E-state index in [1.165, 1.54) is 6.07 Å². The van der Waals surface area contributed by atoms with Gasteiger partial charge in [0.2, 0.25) is 5.91 Å². The molecule has 0 spiro atoms. The Bertz CT molecular complexity index is 652. The van der Waals surface area contributed by atoms with Crippen LogP contribution >= 0.6 is 15.9 Å². The molecule has 1 aromatic carbocycles. The lowest BCUT2D eigenvalue weighted by molar-refractivity contribution is -0.117. The molecule has 0 bridgehead atoms. The number of halogens is 2. The van der Waals surface area contributed by atoms with Gasteiger partial charge in [0, 0.05) is 17.7 Å². The second-order valence-corrected chi connectivity index (χ2v) is 5.73. The van der Waals surface area contributed by atoms with Crippen LogP contribution in [0.25, 0.3) is 0 Å². The Morgan fingerprint density at radius 3 is 2.90 bits per heavy atom. The Hall–Kier alpha value is -1.69. The molecule has 104 valence electrons. The van der Waals surface area contributed by atoms with Gasteiger partial charge in [-0.05, 0) is 34.8 Å². The zero-order chi connectivity index (χ0) is 14.1. The molecule has 0 atom stereocenters. The summed E-state index contributed by atoms with van der Waals surface area (Å²) in [6.07, 6.45) is 3.62. The summed E-state index contributed by atoms with van der Waals surface area (Å²) in [5.41, 5.74) is 0.558. The molecular formula is C14H13BrFN3O. The minimum Gasteiger partial charge on any atom is -0.308 e. The molecule has 20 heavy (non-hydrogen) atoms. The highest BCUT2D eigenvalue weighted by Gasteiger charge is 2.30. The maximum absolute atomic E-state index is 13.6. The van der Waals surface area contributed by atoms with E-state index in [1.807, 2.05) is 0 Å². The van der Waals surface area contributed by atoms with Gasteiger partial charge in [-0.25, -0.2) is 4.39 Å². The molecule has 6 heteroatoms. The van der Waals surface area contributed by atoms with Crippen LogP contribution in [0.15, 0.2) is 34.9 Å². The van der Waals surface area contributed by atoms with E-state index in [2.05, 4.69) is 26.3 Å². The predicted molar refractivity (Wildman–Crippen MR) is 76.8 cm³/mol. The molecule has 1 saturated carbocycles. The second-order valence-electron chi connectivity index (χ2n) is 4.88. The van der Waals surface area contributed by atoms with Crippen LogP contribution in [0, 0.1) is 11.7 Å². The first-order chi connectivity index (χ1) is 9.63. The Morgan fingerprint density at radius 1 is 1.45 bits per heavy atom. The quantitative estimate of drug-likeness (QED) is 0.931. The maximum Gasteiger partial charge on any atom is 0.228 e. The van der Waals surface area contributed by atoms with Gasteiger partial charge in [0.1, 0.15) is 5.82 Å². The van der Waals surface area contributed by atoms with E-state index < -0.39 is 0 Å². The average Bonchev–Trinajstić information content (AvgIpc) is 3.20. The molecule has 0 unspecified atom stereocenters. The summed E-state index contributed by atoms with van der Waals surface area (Å²) in [7, 11) is 0. The molecular weight excluding hydrogens is 325 g/mol. The van der Waals surface area contributed by atoms with Crippen molar-refractivity contribution in [3.63, 3.8) is 0 Å². The van der Waals surface area contributed by atoms with Crippen LogP contribution in [0.1, 0.15) is 18.4 Å². The monoisotopic (exact) mass is 337 g/mol. The van der Waals surface area contributed by atoms with E-state index in [4.69, 9.17) is 0 Å². The molecule has 2 aromatic rings. The Morgan fingerprint density at radius 2 is 2.20 bits per heavy atom. The van der Waals surface area contributed by atoms with Crippen molar-refractivity contribution in [1.82, 2.24) is 9.78 Å². The van der Waals surface area contributed by atoms with Crippen molar-refractivity contribution in [2.24, 2.45) is 5.92 Å². The molecule has 0 saturated heterocycles. The fourth-order valence-electron chi connectivity index (χ4n) is 1.93. The van der Waals surface area contributed by atoms with Gasteiger partial charge in [0.15, 0.2) is 5.82 Å². The summed E-state index contributed by atoms with van der Waals surface area (Å²) in [6.45, 7) is 0.324. The smallest absolute Gasteiger partial charge is 0.228 e. The molecule has 3 rings (SSSR count). The van der Waals surface area contributed by atoms with E-state index in [0.717, 1.165) is 12.8 Å². The lowest BCUT2D eigenvalue weighted by atomic mass is 10.2. The molecule has 1 aliphatic rings. The molecule has 1 aromatic heterocycles. The normalized spacial score (nSPS) is 14.3. The summed E-state index contributed by atoms with van der Waals surface area (Å²) in [5, 5.41) is 7.05. The zero-order valence-electron chi connectivity index (χ0n) is 10.6. The Labute approximate surface area is 124 Å². The number of carbonyl (C=O) groups excluding carboxylic acids is 1. The second kappa shape index (κ2) is 5.36. The van der Waals surface area contributed by atoms with Crippen molar-refractivity contribution < 1.29 is 9.18 Å². The number of hydrogen-bond acceptors (Lipinski definition) is 2. The van der Waals surface area contributed by atoms with E-state index in [-0.39, 0.29) is 17.6 Å². The topological polar surface area (TPSA) is 46.9 Å². The van der Waals surface area contributed by atoms with Gasteiger partial charge in [-0.1, -0.05) is 18.2 Å². The van der Waals surface area contributed by atoms with Gasteiger partial charge in [-0.15, -0.1) is 0 Å². The number of anilines is 1. The fraction of sp³-hybridized carbons (Fsp3) is 0.286. The summed E-state index contributed by atoms with van der Waals surface area (Å²) in [6, 6.07) is 6.57. The molecule has 1 aliphatic carbocycles. The van der Waals surface area contributed by atoms with Gasteiger partial charge in [0.05, 0.1) is 11.0 Å². The predicted octanol–water partition coefficient (Wildman–Crippen LogP) is 3.18. The molecule has 0 radical (unpaired) electrons. The number of nitrogens with zero attached hydrogens (tertiary/aromatic N) is 2. The molecule has 0 aliphatic heterocycles. The third-order valence-electron chi connectivity index (χ3n) is 3.20. The van der Waals surface area contributed by atoms with Crippen LogP contribution in [0.3, 0.4) is 0 Å². The third kappa shape index (κ3) is 2.90. The van der Waals surface area contributed by atoms with Gasteiger partial charge >= 0.3 is 0 Å². The fourth-order valence-corrected chi connectivity index (χ4v) is 2.34. The number of nitrogens with one attached hydrogen (secondary N) is 1. The van der Waals surface area contributed by atoms with Crippen LogP contribution in [0.5, 0.6) is 0 Å². The highest BCUT2D eigenvalue weighted by atomic mass is 79.9. The minimum atomic E-state index is -0.261. The van der Waals surface area contributed by atoms with Crippen molar-refractivity contribution >= 4 is 27.7 Å². The van der Waals surface area contributed by atoms with Gasteiger partial charge in [0.25, 0.3) is 0 Å². The minimum absolute atomic E-state index is 0.00171. The van der Waals surface area contributed by atoms with E-state index in [0.29, 0.717) is 22.4 Å². The lowest BCUT2D eigenvalue weighted by Gasteiger charge is -2.03. The number of rotatable bonds is 4. The van der Waals surface area contributed by atoms with Crippen LogP contribution in [-0.2, 0) is 11.3 Å². The molecule has 1 heterocycles. The zero-order valence-corrected chi connectivity index (χ0v) is 12.2. The number of amides is 1. The van der Waals surface area contributed by atoms with Crippen molar-refractivity contribution in [3.05, 3.63) is 46.3 Å².